The van der Waals surface area contributed by atoms with Crippen LogP contribution < -0.4 is 0 Å². The number of nitro groups is 1. The number of nitrogens with zero attached hydrogens (tertiary/aromatic N) is 1. The van der Waals surface area contributed by atoms with Gasteiger partial charge in [0, 0.05) is 18.4 Å². The molecule has 0 radical (unpaired) electrons. The molecule has 7 heteroatoms. The van der Waals surface area contributed by atoms with Crippen LogP contribution in [0.15, 0.2) is 23.1 Å². The summed E-state index contributed by atoms with van der Waals surface area (Å²) in [6, 6.07) is 2.36. The number of hydrogen-bond acceptors (Lipinski definition) is 4. The molecule has 1 aromatic carbocycles. The van der Waals surface area contributed by atoms with Crippen LogP contribution in [0.4, 0.5) is 10.1 Å². The monoisotopic (exact) mass is 219 g/mol. The molecule has 1 aromatic rings. The number of sulfone groups is 1. The lowest BCUT2D eigenvalue weighted by Crippen LogP contribution is -2.01. The number of non-ortho nitro benzene ring substituents is 1. The van der Waals surface area contributed by atoms with Gasteiger partial charge in [-0.2, -0.15) is 0 Å². The van der Waals surface area contributed by atoms with Crippen molar-refractivity contribution in [1.29, 1.82) is 0 Å². The summed E-state index contributed by atoms with van der Waals surface area (Å²) in [6.07, 6.45) is 0.787. The Bertz CT molecular complexity index is 482. The Morgan fingerprint density at radius 1 is 1.43 bits per heavy atom. The minimum atomic E-state index is -3.77. The second-order valence-electron chi connectivity index (χ2n) is 2.64. The molecule has 0 saturated heterocycles. The van der Waals surface area contributed by atoms with Crippen molar-refractivity contribution >= 4 is 15.5 Å². The van der Waals surface area contributed by atoms with Crippen LogP contribution in [0.2, 0.25) is 0 Å². The van der Waals surface area contributed by atoms with Crippen LogP contribution in [-0.4, -0.2) is 19.6 Å². The molecular weight excluding hydrogens is 213 g/mol. The van der Waals surface area contributed by atoms with E-state index in [1.165, 1.54) is 0 Å². The van der Waals surface area contributed by atoms with Crippen LogP contribution in [0, 0.1) is 15.9 Å². The fourth-order valence-electron chi connectivity index (χ4n) is 0.890. The average Bonchev–Trinajstić information content (AvgIpc) is 2.02. The standard InChI is InChI=1S/C7H6FNO4S/c1-14(12,13)7-4-5(9(10)11)2-3-6(7)8/h2-4H,1H3. The van der Waals surface area contributed by atoms with Crippen molar-refractivity contribution in [3.05, 3.63) is 34.1 Å². The fraction of sp³-hybridized carbons (Fsp3) is 0.143. The number of nitro benzene ring substituents is 1. The van der Waals surface area contributed by atoms with Gasteiger partial charge in [-0.05, 0) is 6.07 Å². The Labute approximate surface area is 79.2 Å². The third kappa shape index (κ3) is 2.05. The SMILES string of the molecule is CS(=O)(=O)c1cc([N+](=O)[O-])ccc1F. The van der Waals surface area contributed by atoms with Crippen LogP contribution in [0.25, 0.3) is 0 Å². The summed E-state index contributed by atoms with van der Waals surface area (Å²) in [4.78, 5) is 8.84. The van der Waals surface area contributed by atoms with Crippen LogP contribution in [-0.2, 0) is 9.84 Å². The van der Waals surface area contributed by atoms with Crippen LogP contribution in [0.5, 0.6) is 0 Å². The smallest absolute Gasteiger partial charge is 0.258 e. The third-order valence-electron chi connectivity index (χ3n) is 1.53. The van der Waals surface area contributed by atoms with Gasteiger partial charge in [0.15, 0.2) is 9.84 Å². The molecule has 1 rings (SSSR count). The lowest BCUT2D eigenvalue weighted by atomic mass is 10.3. The highest BCUT2D eigenvalue weighted by Gasteiger charge is 2.17. The van der Waals surface area contributed by atoms with E-state index < -0.39 is 31.2 Å². The molecule has 0 amide bonds. The number of rotatable bonds is 2. The topological polar surface area (TPSA) is 77.3 Å². The third-order valence-corrected chi connectivity index (χ3v) is 2.64. The van der Waals surface area contributed by atoms with Gasteiger partial charge in [0.2, 0.25) is 0 Å². The summed E-state index contributed by atoms with van der Waals surface area (Å²) in [7, 11) is -3.77. The van der Waals surface area contributed by atoms with Crippen LogP contribution in [0.1, 0.15) is 0 Å². The number of hydrogen-bond donors (Lipinski definition) is 0. The van der Waals surface area contributed by atoms with Gasteiger partial charge < -0.3 is 0 Å². The Kier molecular flexibility index (Phi) is 2.52. The van der Waals surface area contributed by atoms with Crippen molar-refractivity contribution in [3.63, 3.8) is 0 Å². The first-order valence-electron chi connectivity index (χ1n) is 3.46. The summed E-state index contributed by atoms with van der Waals surface area (Å²) < 4.78 is 34.9. The van der Waals surface area contributed by atoms with Gasteiger partial charge in [-0.15, -0.1) is 0 Å². The lowest BCUT2D eigenvalue weighted by molar-refractivity contribution is -0.385. The highest BCUT2D eigenvalue weighted by molar-refractivity contribution is 7.90. The molecule has 0 unspecified atom stereocenters. The average molecular weight is 219 g/mol. The predicted octanol–water partition coefficient (Wildman–Crippen LogP) is 1.14. The summed E-state index contributed by atoms with van der Waals surface area (Å²) in [5.41, 5.74) is -0.452. The molecule has 0 aromatic heterocycles. The van der Waals surface area contributed by atoms with Crippen molar-refractivity contribution in [1.82, 2.24) is 0 Å². The first-order valence-corrected chi connectivity index (χ1v) is 5.35. The van der Waals surface area contributed by atoms with Crippen molar-refractivity contribution < 1.29 is 17.7 Å². The summed E-state index contributed by atoms with van der Waals surface area (Å²) in [6.45, 7) is 0. The Morgan fingerprint density at radius 2 is 2.00 bits per heavy atom. The molecule has 0 aliphatic heterocycles. The second kappa shape index (κ2) is 3.33. The fourth-order valence-corrected chi connectivity index (χ4v) is 1.65. The summed E-state index contributed by atoms with van der Waals surface area (Å²) in [5.74, 6) is -0.988. The lowest BCUT2D eigenvalue weighted by Gasteiger charge is -1.99. The minimum Gasteiger partial charge on any atom is -0.258 e. The van der Waals surface area contributed by atoms with Crippen molar-refractivity contribution in [2.75, 3.05) is 6.26 Å². The largest absolute Gasteiger partial charge is 0.270 e. The second-order valence-corrected chi connectivity index (χ2v) is 4.63. The predicted molar refractivity (Wildman–Crippen MR) is 46.2 cm³/mol. The van der Waals surface area contributed by atoms with E-state index in [1.807, 2.05) is 0 Å². The number of benzene rings is 1. The van der Waals surface area contributed by atoms with E-state index in [0.717, 1.165) is 18.4 Å². The molecule has 5 nitrogen and oxygen atoms in total. The van der Waals surface area contributed by atoms with E-state index in [1.54, 1.807) is 0 Å². The highest BCUT2D eigenvalue weighted by atomic mass is 32.2. The van der Waals surface area contributed by atoms with Gasteiger partial charge in [0.05, 0.1) is 4.92 Å². The van der Waals surface area contributed by atoms with Crippen LogP contribution in [0.3, 0.4) is 0 Å². The molecule has 0 N–H and O–H groups in total. The van der Waals surface area contributed by atoms with E-state index in [-0.39, 0.29) is 0 Å². The quantitative estimate of drug-likeness (QED) is 0.552. The van der Waals surface area contributed by atoms with E-state index in [4.69, 9.17) is 0 Å². The molecule has 0 aliphatic rings. The first kappa shape index (κ1) is 10.6. The van der Waals surface area contributed by atoms with Crippen LogP contribution >= 0.6 is 0 Å². The maximum Gasteiger partial charge on any atom is 0.270 e. The first-order chi connectivity index (χ1) is 6.32. The Balaban J connectivity index is 3.44. The van der Waals surface area contributed by atoms with Crippen molar-refractivity contribution in [3.8, 4) is 0 Å². The Morgan fingerprint density at radius 3 is 2.43 bits per heavy atom. The van der Waals surface area contributed by atoms with Gasteiger partial charge >= 0.3 is 0 Å². The van der Waals surface area contributed by atoms with Gasteiger partial charge in [0.25, 0.3) is 5.69 Å². The molecule has 14 heavy (non-hydrogen) atoms. The highest BCUT2D eigenvalue weighted by Crippen LogP contribution is 2.20. The summed E-state index contributed by atoms with van der Waals surface area (Å²) >= 11 is 0. The minimum absolute atomic E-state index is 0.452. The van der Waals surface area contributed by atoms with E-state index in [9.17, 15) is 22.9 Å². The molecule has 76 valence electrons. The zero-order valence-electron chi connectivity index (χ0n) is 7.10. The van der Waals surface area contributed by atoms with E-state index in [0.29, 0.717) is 6.07 Å². The molecule has 0 aliphatic carbocycles. The zero-order valence-corrected chi connectivity index (χ0v) is 7.91. The van der Waals surface area contributed by atoms with E-state index in [2.05, 4.69) is 0 Å². The zero-order chi connectivity index (χ0) is 10.9. The molecule has 0 fully saturated rings. The molecule has 0 heterocycles. The molecule has 0 spiro atoms. The van der Waals surface area contributed by atoms with Crippen molar-refractivity contribution in [2.45, 2.75) is 4.90 Å². The summed E-state index contributed by atoms with van der Waals surface area (Å²) in [5, 5.41) is 10.3. The maximum absolute atomic E-state index is 12.9. The normalized spacial score (nSPS) is 11.3. The maximum atomic E-state index is 12.9. The number of halogens is 1. The van der Waals surface area contributed by atoms with Gasteiger partial charge in [0.1, 0.15) is 10.7 Å². The Hall–Kier alpha value is -1.50. The van der Waals surface area contributed by atoms with Gasteiger partial charge in [-0.1, -0.05) is 0 Å². The molecule has 0 bridgehead atoms. The molecular formula is C7H6FNO4S. The molecule has 0 saturated carbocycles. The van der Waals surface area contributed by atoms with E-state index >= 15 is 0 Å². The van der Waals surface area contributed by atoms with Gasteiger partial charge in [-0.25, -0.2) is 12.8 Å². The molecule has 0 atom stereocenters. The van der Waals surface area contributed by atoms with Gasteiger partial charge in [-0.3, -0.25) is 10.1 Å². The van der Waals surface area contributed by atoms with Crippen molar-refractivity contribution in [2.24, 2.45) is 0 Å².